The highest BCUT2D eigenvalue weighted by Gasteiger charge is 2.68. The van der Waals surface area contributed by atoms with Crippen molar-refractivity contribution in [1.29, 1.82) is 0 Å². The molecule has 4 nitrogen and oxygen atoms in total. The van der Waals surface area contributed by atoms with Gasteiger partial charge >= 0.3 is 0 Å². The minimum atomic E-state index is -0.980. The predicted molar refractivity (Wildman–Crippen MR) is 75.8 cm³/mol. The van der Waals surface area contributed by atoms with Crippen molar-refractivity contribution >= 4 is 63.4 Å². The molecule has 1 atom stereocenters. The van der Waals surface area contributed by atoms with Crippen molar-refractivity contribution in [1.82, 2.24) is 10.6 Å². The highest BCUT2D eigenvalue weighted by atomic mass is 35.5. The molecule has 1 aliphatic heterocycles. The Kier molecular flexibility index (Phi) is 3.60. The van der Waals surface area contributed by atoms with E-state index in [1.54, 1.807) is 18.7 Å². The summed E-state index contributed by atoms with van der Waals surface area (Å²) in [5.74, 6) is 0.673. The molecule has 1 fully saturated rings. The predicted octanol–water partition coefficient (Wildman–Crippen LogP) is 1.66. The summed E-state index contributed by atoms with van der Waals surface area (Å²) in [5.41, 5.74) is -0.757. The standard InChI is InChI=1S/C9H11Cl2N3OS2/c1-8(4-9(8,10)11)5(15)13-6(16)14-7-12-2-3-17-7/h2-4H2,1H3,(H2,12,13,14,15,16)/t8-/m1/s1. The molecule has 1 amide bonds. The first-order valence-electron chi connectivity index (χ1n) is 5.03. The normalized spacial score (nSPS) is 29.5. The molecule has 0 bridgehead atoms. The number of thioether (sulfide) groups is 1. The fraction of sp³-hybridized carbons (Fsp3) is 0.667. The van der Waals surface area contributed by atoms with E-state index in [4.69, 9.17) is 35.4 Å². The van der Waals surface area contributed by atoms with E-state index in [0.717, 1.165) is 17.5 Å². The molecule has 8 heteroatoms. The van der Waals surface area contributed by atoms with Gasteiger partial charge in [0.15, 0.2) is 10.3 Å². The minimum Gasteiger partial charge on any atom is -0.312 e. The van der Waals surface area contributed by atoms with Gasteiger partial charge in [-0.3, -0.25) is 9.79 Å². The van der Waals surface area contributed by atoms with Gasteiger partial charge in [-0.15, -0.1) is 23.2 Å². The maximum Gasteiger partial charge on any atom is 0.235 e. The van der Waals surface area contributed by atoms with Crippen LogP contribution >= 0.6 is 47.2 Å². The number of amidine groups is 1. The Labute approximate surface area is 119 Å². The number of nitrogens with one attached hydrogen (secondary N) is 2. The fourth-order valence-electron chi connectivity index (χ4n) is 1.43. The van der Waals surface area contributed by atoms with E-state index < -0.39 is 9.75 Å². The molecule has 1 heterocycles. The zero-order valence-corrected chi connectivity index (χ0v) is 12.2. The Morgan fingerprint density at radius 1 is 1.59 bits per heavy atom. The number of alkyl halides is 2. The number of amides is 1. The van der Waals surface area contributed by atoms with Crippen molar-refractivity contribution < 1.29 is 4.79 Å². The second-order valence-corrected chi connectivity index (χ2v) is 7.13. The topological polar surface area (TPSA) is 53.5 Å². The van der Waals surface area contributed by atoms with Gasteiger partial charge in [-0.1, -0.05) is 11.8 Å². The lowest BCUT2D eigenvalue weighted by Gasteiger charge is -2.13. The zero-order valence-electron chi connectivity index (χ0n) is 9.05. The molecule has 0 radical (unpaired) electrons. The van der Waals surface area contributed by atoms with E-state index in [-0.39, 0.29) is 11.0 Å². The van der Waals surface area contributed by atoms with Crippen LogP contribution in [0.5, 0.6) is 0 Å². The number of carbonyl (C=O) groups is 1. The van der Waals surface area contributed by atoms with Gasteiger partial charge in [-0.05, 0) is 25.6 Å². The molecular formula is C9H11Cl2N3OS2. The quantitative estimate of drug-likeness (QED) is 0.571. The van der Waals surface area contributed by atoms with Crippen LogP contribution in [-0.2, 0) is 4.79 Å². The van der Waals surface area contributed by atoms with Gasteiger partial charge in [0, 0.05) is 5.75 Å². The molecule has 0 saturated heterocycles. The highest BCUT2D eigenvalue weighted by Crippen LogP contribution is 2.63. The Bertz CT molecular complexity index is 413. The van der Waals surface area contributed by atoms with Crippen molar-refractivity contribution in [3.63, 3.8) is 0 Å². The Morgan fingerprint density at radius 2 is 2.24 bits per heavy atom. The summed E-state index contributed by atoms with van der Waals surface area (Å²) in [4.78, 5) is 16.0. The van der Waals surface area contributed by atoms with Crippen molar-refractivity contribution in [3.05, 3.63) is 0 Å². The minimum absolute atomic E-state index is 0.236. The molecule has 17 heavy (non-hydrogen) atoms. The molecule has 2 rings (SSSR count). The van der Waals surface area contributed by atoms with Crippen LogP contribution in [0.15, 0.2) is 4.99 Å². The molecule has 2 aliphatic rings. The van der Waals surface area contributed by atoms with Crippen LogP contribution in [-0.4, -0.2) is 32.8 Å². The Morgan fingerprint density at radius 3 is 2.71 bits per heavy atom. The Hall–Kier alpha value is -0.0400. The molecule has 1 saturated carbocycles. The highest BCUT2D eigenvalue weighted by molar-refractivity contribution is 8.14. The van der Waals surface area contributed by atoms with Crippen molar-refractivity contribution in [2.45, 2.75) is 17.7 Å². The number of hydrogen-bond donors (Lipinski definition) is 2. The van der Waals surface area contributed by atoms with Gasteiger partial charge in [0.05, 0.1) is 12.0 Å². The van der Waals surface area contributed by atoms with Crippen LogP contribution < -0.4 is 10.6 Å². The first kappa shape index (κ1) is 13.4. The maximum atomic E-state index is 11.9. The van der Waals surface area contributed by atoms with Crippen LogP contribution in [0.2, 0.25) is 0 Å². The molecule has 1 aliphatic carbocycles. The molecule has 94 valence electrons. The second-order valence-electron chi connectivity index (χ2n) is 4.16. The third-order valence-corrected chi connectivity index (χ3v) is 4.99. The van der Waals surface area contributed by atoms with Gasteiger partial charge in [0.25, 0.3) is 0 Å². The van der Waals surface area contributed by atoms with Gasteiger partial charge in [0.1, 0.15) is 4.33 Å². The number of aliphatic imine (C=N–C) groups is 1. The van der Waals surface area contributed by atoms with Crippen LogP contribution in [0, 0.1) is 5.41 Å². The molecule has 2 N–H and O–H groups in total. The lowest BCUT2D eigenvalue weighted by molar-refractivity contribution is -0.124. The molecule has 0 spiro atoms. The number of carbonyl (C=O) groups excluding carboxylic acids is 1. The monoisotopic (exact) mass is 311 g/mol. The number of rotatable bonds is 1. The summed E-state index contributed by atoms with van der Waals surface area (Å²) in [6.45, 7) is 2.49. The van der Waals surface area contributed by atoms with Crippen LogP contribution in [0.1, 0.15) is 13.3 Å². The van der Waals surface area contributed by atoms with E-state index in [2.05, 4.69) is 15.6 Å². The smallest absolute Gasteiger partial charge is 0.235 e. The SMILES string of the molecule is C[C@]1(C(=O)NC(=S)NC2=NCCS2)CC1(Cl)Cl. The van der Waals surface area contributed by atoms with E-state index in [1.807, 2.05) is 0 Å². The van der Waals surface area contributed by atoms with E-state index in [0.29, 0.717) is 6.42 Å². The largest absolute Gasteiger partial charge is 0.312 e. The third-order valence-electron chi connectivity index (χ3n) is 2.79. The molecule has 0 unspecified atom stereocenters. The fourth-order valence-corrected chi connectivity index (χ4v) is 3.12. The Balaban J connectivity index is 1.85. The van der Waals surface area contributed by atoms with E-state index in [9.17, 15) is 4.79 Å². The van der Waals surface area contributed by atoms with Gasteiger partial charge in [-0.2, -0.15) is 0 Å². The molecule has 0 aromatic rings. The lowest BCUT2D eigenvalue weighted by Crippen LogP contribution is -2.44. The number of halogens is 2. The summed E-state index contributed by atoms with van der Waals surface area (Å²) in [5, 5.41) is 6.42. The average Bonchev–Trinajstić information content (AvgIpc) is 2.64. The summed E-state index contributed by atoms with van der Waals surface area (Å²) in [6.07, 6.45) is 0.438. The number of hydrogen-bond acceptors (Lipinski definition) is 4. The average molecular weight is 312 g/mol. The zero-order chi connectivity index (χ0) is 12.7. The summed E-state index contributed by atoms with van der Waals surface area (Å²) < 4.78 is -0.980. The summed E-state index contributed by atoms with van der Waals surface area (Å²) >= 11 is 18.4. The van der Waals surface area contributed by atoms with Crippen LogP contribution in [0.4, 0.5) is 0 Å². The van der Waals surface area contributed by atoms with Gasteiger partial charge < -0.3 is 10.6 Å². The van der Waals surface area contributed by atoms with Crippen molar-refractivity contribution in [2.75, 3.05) is 12.3 Å². The molecular weight excluding hydrogens is 301 g/mol. The third kappa shape index (κ3) is 2.70. The van der Waals surface area contributed by atoms with Crippen molar-refractivity contribution in [2.24, 2.45) is 10.4 Å². The van der Waals surface area contributed by atoms with Crippen LogP contribution in [0.25, 0.3) is 0 Å². The molecule has 0 aromatic carbocycles. The van der Waals surface area contributed by atoms with E-state index in [1.165, 1.54) is 0 Å². The number of nitrogens with zero attached hydrogens (tertiary/aromatic N) is 1. The summed E-state index contributed by atoms with van der Waals surface area (Å²) in [7, 11) is 0. The van der Waals surface area contributed by atoms with Gasteiger partial charge in [-0.25, -0.2) is 0 Å². The lowest BCUT2D eigenvalue weighted by atomic mass is 10.1. The van der Waals surface area contributed by atoms with E-state index >= 15 is 0 Å². The molecule has 0 aromatic heterocycles. The van der Waals surface area contributed by atoms with Gasteiger partial charge in [0.2, 0.25) is 5.91 Å². The second kappa shape index (κ2) is 4.57. The van der Waals surface area contributed by atoms with Crippen molar-refractivity contribution in [3.8, 4) is 0 Å². The summed E-state index contributed by atoms with van der Waals surface area (Å²) in [6, 6.07) is 0. The maximum absolute atomic E-state index is 11.9. The first-order chi connectivity index (χ1) is 7.85. The number of thiocarbonyl (C=S) groups is 1. The van der Waals surface area contributed by atoms with Crippen LogP contribution in [0.3, 0.4) is 0 Å². The first-order valence-corrected chi connectivity index (χ1v) is 7.18.